The first-order valence-electron chi connectivity index (χ1n) is 10.1. The van der Waals surface area contributed by atoms with Crippen LogP contribution in [0.5, 0.6) is 0 Å². The lowest BCUT2D eigenvalue weighted by Crippen LogP contribution is -2.32. The Morgan fingerprint density at radius 2 is 1.59 bits per heavy atom. The highest BCUT2D eigenvalue weighted by molar-refractivity contribution is 5.83. The fourth-order valence-corrected chi connectivity index (χ4v) is 3.97. The summed E-state index contributed by atoms with van der Waals surface area (Å²) in [7, 11) is 0. The molecular formula is C26H23N3. The molecular weight excluding hydrogens is 354 g/mol. The van der Waals surface area contributed by atoms with E-state index in [2.05, 4.69) is 81.6 Å². The van der Waals surface area contributed by atoms with Crippen molar-refractivity contribution in [1.29, 1.82) is 0 Å². The standard InChI is InChI=1S/C26H23N3/c1-2-7-23(8-3-1)26-13-11-20(16-28-26)15-25-17-27-19-29(25)18-21-10-12-22-6-4-5-9-24(22)14-21/h1-14,16,19,25H,15,17-18H2. The van der Waals surface area contributed by atoms with Crippen molar-refractivity contribution in [2.75, 3.05) is 6.54 Å². The summed E-state index contributed by atoms with van der Waals surface area (Å²) >= 11 is 0. The number of hydrogen-bond acceptors (Lipinski definition) is 3. The van der Waals surface area contributed by atoms with Crippen LogP contribution in [0.25, 0.3) is 22.0 Å². The van der Waals surface area contributed by atoms with Gasteiger partial charge in [-0.05, 0) is 40.5 Å². The van der Waals surface area contributed by atoms with Gasteiger partial charge in [0.05, 0.1) is 24.6 Å². The summed E-state index contributed by atoms with van der Waals surface area (Å²) in [6.07, 6.45) is 4.97. The molecule has 29 heavy (non-hydrogen) atoms. The molecule has 4 aromatic rings. The van der Waals surface area contributed by atoms with Gasteiger partial charge in [-0.2, -0.15) is 0 Å². The van der Waals surface area contributed by atoms with Gasteiger partial charge in [-0.15, -0.1) is 0 Å². The zero-order chi connectivity index (χ0) is 19.5. The fraction of sp³-hybridized carbons (Fsp3) is 0.154. The van der Waals surface area contributed by atoms with E-state index < -0.39 is 0 Å². The Labute approximate surface area is 171 Å². The third kappa shape index (κ3) is 3.90. The summed E-state index contributed by atoms with van der Waals surface area (Å²) in [6.45, 7) is 1.72. The van der Waals surface area contributed by atoms with Crippen LogP contribution in [-0.2, 0) is 13.0 Å². The number of aromatic nitrogens is 1. The zero-order valence-corrected chi connectivity index (χ0v) is 16.3. The lowest BCUT2D eigenvalue weighted by molar-refractivity contribution is 0.341. The van der Waals surface area contributed by atoms with E-state index in [0.29, 0.717) is 6.04 Å². The van der Waals surface area contributed by atoms with Crippen LogP contribution >= 0.6 is 0 Å². The minimum absolute atomic E-state index is 0.380. The molecule has 3 aromatic carbocycles. The molecule has 1 aliphatic heterocycles. The SMILES string of the molecule is C1=NCC(Cc2ccc(-c3ccccc3)nc2)N1Cc1ccc2ccccc2c1. The molecule has 1 aromatic heterocycles. The maximum atomic E-state index is 4.67. The largest absolute Gasteiger partial charge is 0.353 e. The number of rotatable bonds is 5. The fourth-order valence-electron chi connectivity index (χ4n) is 3.97. The van der Waals surface area contributed by atoms with Gasteiger partial charge in [0.15, 0.2) is 0 Å². The molecule has 0 N–H and O–H groups in total. The number of hydrogen-bond donors (Lipinski definition) is 0. The maximum absolute atomic E-state index is 4.67. The van der Waals surface area contributed by atoms with E-state index in [1.165, 1.54) is 21.9 Å². The first-order valence-corrected chi connectivity index (χ1v) is 10.1. The molecule has 3 nitrogen and oxygen atoms in total. The van der Waals surface area contributed by atoms with Crippen molar-refractivity contribution in [1.82, 2.24) is 9.88 Å². The minimum atomic E-state index is 0.380. The molecule has 0 aliphatic carbocycles. The van der Waals surface area contributed by atoms with Gasteiger partial charge >= 0.3 is 0 Å². The van der Waals surface area contributed by atoms with E-state index in [4.69, 9.17) is 0 Å². The van der Waals surface area contributed by atoms with Crippen molar-refractivity contribution in [3.05, 3.63) is 102 Å². The van der Waals surface area contributed by atoms with Crippen molar-refractivity contribution in [2.24, 2.45) is 4.99 Å². The molecule has 142 valence electrons. The molecule has 0 spiro atoms. The average Bonchev–Trinajstić information content (AvgIpc) is 3.21. The minimum Gasteiger partial charge on any atom is -0.353 e. The summed E-state index contributed by atoms with van der Waals surface area (Å²) in [6, 6.07) is 30.2. The Morgan fingerprint density at radius 1 is 0.793 bits per heavy atom. The summed E-state index contributed by atoms with van der Waals surface area (Å²) < 4.78 is 0. The summed E-state index contributed by atoms with van der Waals surface area (Å²) in [4.78, 5) is 11.6. The molecule has 1 atom stereocenters. The van der Waals surface area contributed by atoms with Gasteiger partial charge in [-0.1, -0.05) is 72.8 Å². The van der Waals surface area contributed by atoms with Gasteiger partial charge in [0, 0.05) is 18.3 Å². The van der Waals surface area contributed by atoms with Crippen LogP contribution in [0.4, 0.5) is 0 Å². The Bertz CT molecular complexity index is 1130. The van der Waals surface area contributed by atoms with Crippen molar-refractivity contribution in [3.63, 3.8) is 0 Å². The Kier molecular flexibility index (Phi) is 4.79. The van der Waals surface area contributed by atoms with E-state index in [1.54, 1.807) is 0 Å². The number of benzene rings is 3. The highest BCUT2D eigenvalue weighted by Crippen LogP contribution is 2.21. The Balaban J connectivity index is 1.28. The third-order valence-electron chi connectivity index (χ3n) is 5.56. The van der Waals surface area contributed by atoms with Gasteiger partial charge in [-0.3, -0.25) is 9.98 Å². The monoisotopic (exact) mass is 377 g/mol. The molecule has 1 aliphatic rings. The second-order valence-corrected chi connectivity index (χ2v) is 7.61. The van der Waals surface area contributed by atoms with Crippen molar-refractivity contribution >= 4 is 17.1 Å². The molecule has 2 heterocycles. The molecule has 0 bridgehead atoms. The van der Waals surface area contributed by atoms with E-state index >= 15 is 0 Å². The van der Waals surface area contributed by atoms with Crippen LogP contribution in [0.15, 0.2) is 96.1 Å². The van der Waals surface area contributed by atoms with Crippen LogP contribution in [0.3, 0.4) is 0 Å². The van der Waals surface area contributed by atoms with Gasteiger partial charge in [0.1, 0.15) is 0 Å². The van der Waals surface area contributed by atoms with Crippen molar-refractivity contribution in [3.8, 4) is 11.3 Å². The molecule has 5 rings (SSSR count). The first-order chi connectivity index (χ1) is 14.3. The molecule has 0 amide bonds. The molecule has 0 fully saturated rings. The quantitative estimate of drug-likeness (QED) is 0.469. The normalized spacial score (nSPS) is 15.9. The third-order valence-corrected chi connectivity index (χ3v) is 5.56. The highest BCUT2D eigenvalue weighted by atomic mass is 15.2. The van der Waals surface area contributed by atoms with Crippen LogP contribution in [0, 0.1) is 0 Å². The molecule has 0 saturated heterocycles. The topological polar surface area (TPSA) is 28.5 Å². The zero-order valence-electron chi connectivity index (χ0n) is 16.3. The molecule has 0 radical (unpaired) electrons. The number of pyridine rings is 1. The van der Waals surface area contributed by atoms with Gasteiger partial charge in [0.2, 0.25) is 0 Å². The number of fused-ring (bicyclic) bond motifs is 1. The van der Waals surface area contributed by atoms with Crippen LogP contribution in [-0.4, -0.2) is 28.8 Å². The molecule has 3 heteroatoms. The van der Waals surface area contributed by atoms with Gasteiger partial charge in [0.25, 0.3) is 0 Å². The van der Waals surface area contributed by atoms with E-state index in [0.717, 1.165) is 30.8 Å². The average molecular weight is 377 g/mol. The maximum Gasteiger partial charge on any atom is 0.0857 e. The van der Waals surface area contributed by atoms with Crippen LogP contribution < -0.4 is 0 Å². The van der Waals surface area contributed by atoms with Crippen LogP contribution in [0.1, 0.15) is 11.1 Å². The second kappa shape index (κ2) is 7.88. The lowest BCUT2D eigenvalue weighted by Gasteiger charge is -2.24. The Hall–Kier alpha value is -3.46. The predicted octanol–water partition coefficient (Wildman–Crippen LogP) is 5.36. The van der Waals surface area contributed by atoms with Gasteiger partial charge < -0.3 is 4.90 Å². The lowest BCUT2D eigenvalue weighted by atomic mass is 10.0. The predicted molar refractivity (Wildman–Crippen MR) is 120 cm³/mol. The van der Waals surface area contributed by atoms with E-state index in [-0.39, 0.29) is 0 Å². The highest BCUT2D eigenvalue weighted by Gasteiger charge is 2.21. The summed E-state index contributed by atoms with van der Waals surface area (Å²) in [5.74, 6) is 0. The Morgan fingerprint density at radius 3 is 2.41 bits per heavy atom. The summed E-state index contributed by atoms with van der Waals surface area (Å²) in [5, 5.41) is 2.57. The first kappa shape index (κ1) is 17.6. The number of aliphatic imine (C=N–C) groups is 1. The van der Waals surface area contributed by atoms with Crippen molar-refractivity contribution in [2.45, 2.75) is 19.0 Å². The van der Waals surface area contributed by atoms with E-state index in [1.807, 2.05) is 30.7 Å². The van der Waals surface area contributed by atoms with Gasteiger partial charge in [-0.25, -0.2) is 0 Å². The van der Waals surface area contributed by atoms with E-state index in [9.17, 15) is 0 Å². The number of nitrogens with zero attached hydrogens (tertiary/aromatic N) is 3. The second-order valence-electron chi connectivity index (χ2n) is 7.61. The smallest absolute Gasteiger partial charge is 0.0857 e. The molecule has 0 saturated carbocycles. The molecule has 1 unspecified atom stereocenters. The van der Waals surface area contributed by atoms with Crippen LogP contribution in [0.2, 0.25) is 0 Å². The van der Waals surface area contributed by atoms with Crippen molar-refractivity contribution < 1.29 is 0 Å². The summed E-state index contributed by atoms with van der Waals surface area (Å²) in [5.41, 5.74) is 4.74.